The Hall–Kier alpha value is -2.09. The third-order valence-corrected chi connectivity index (χ3v) is 4.51. The second-order valence-corrected chi connectivity index (χ2v) is 7.95. The molecule has 0 unspecified atom stereocenters. The number of nitrogens with zero attached hydrogens (tertiary/aromatic N) is 1. The van der Waals surface area contributed by atoms with Crippen LogP contribution in [0, 0.1) is 6.92 Å². The van der Waals surface area contributed by atoms with Gasteiger partial charge >= 0.3 is 6.18 Å². The molecule has 0 radical (unpaired) electrons. The highest BCUT2D eigenvalue weighted by Gasteiger charge is 2.30. The van der Waals surface area contributed by atoms with Crippen molar-refractivity contribution in [3.05, 3.63) is 41.8 Å². The molecule has 158 valence electrons. The number of carbonyl (C=O) groups excluding carboxylic acids is 1. The fourth-order valence-corrected chi connectivity index (χ4v) is 2.39. The van der Waals surface area contributed by atoms with Crippen molar-refractivity contribution < 1.29 is 22.4 Å². The minimum absolute atomic E-state index is 0.0867. The molecule has 0 bridgehead atoms. The van der Waals surface area contributed by atoms with Crippen molar-refractivity contribution in [1.29, 1.82) is 0 Å². The van der Waals surface area contributed by atoms with E-state index in [0.717, 1.165) is 5.57 Å². The Morgan fingerprint density at radius 1 is 1.29 bits per heavy atom. The summed E-state index contributed by atoms with van der Waals surface area (Å²) >= 11 is 0. The van der Waals surface area contributed by atoms with Crippen molar-refractivity contribution in [1.82, 2.24) is 15.6 Å². The van der Waals surface area contributed by atoms with E-state index in [0.29, 0.717) is 17.3 Å². The molecule has 1 amide bonds. The van der Waals surface area contributed by atoms with Gasteiger partial charge in [0, 0.05) is 24.5 Å². The van der Waals surface area contributed by atoms with E-state index in [1.54, 1.807) is 40.0 Å². The first-order valence-electron chi connectivity index (χ1n) is 9.09. The molecule has 0 saturated carbocycles. The highest BCUT2D eigenvalue weighted by Crippen LogP contribution is 2.32. The summed E-state index contributed by atoms with van der Waals surface area (Å²) in [6.45, 7) is 14.8. The van der Waals surface area contributed by atoms with Crippen LogP contribution in [0.4, 0.5) is 13.2 Å². The SMILES string of the molecule is C=C(/C=C(\C)NC(=O)C(C)(C)NCCCC(F)(F)F)C(C)(C)c1cnc(C)o1. The summed E-state index contributed by atoms with van der Waals surface area (Å²) in [5.74, 6) is 0.884. The van der Waals surface area contributed by atoms with Gasteiger partial charge < -0.3 is 15.1 Å². The van der Waals surface area contributed by atoms with E-state index < -0.39 is 23.6 Å². The highest BCUT2D eigenvalue weighted by molar-refractivity contribution is 5.86. The first-order chi connectivity index (χ1) is 12.6. The Labute approximate surface area is 164 Å². The molecule has 8 heteroatoms. The Bertz CT molecular complexity index is 731. The number of aromatic nitrogens is 1. The van der Waals surface area contributed by atoms with Gasteiger partial charge in [0.05, 0.1) is 11.7 Å². The summed E-state index contributed by atoms with van der Waals surface area (Å²) in [7, 11) is 0. The smallest absolute Gasteiger partial charge is 0.389 e. The van der Waals surface area contributed by atoms with Gasteiger partial charge in [0.2, 0.25) is 5.91 Å². The van der Waals surface area contributed by atoms with Gasteiger partial charge in [0.15, 0.2) is 5.89 Å². The molecule has 0 aliphatic rings. The molecule has 1 aromatic rings. The van der Waals surface area contributed by atoms with Gasteiger partial charge in [-0.1, -0.05) is 6.58 Å². The van der Waals surface area contributed by atoms with E-state index in [1.165, 1.54) is 0 Å². The topological polar surface area (TPSA) is 67.2 Å². The molecule has 0 atom stereocenters. The largest absolute Gasteiger partial charge is 0.445 e. The van der Waals surface area contributed by atoms with Crippen LogP contribution < -0.4 is 10.6 Å². The maximum absolute atomic E-state index is 12.5. The molecule has 0 fully saturated rings. The van der Waals surface area contributed by atoms with E-state index in [2.05, 4.69) is 22.2 Å². The van der Waals surface area contributed by atoms with E-state index in [4.69, 9.17) is 4.42 Å². The standard InChI is InChI=1S/C20H30F3N3O2/c1-13(18(4,5)16-12-24-15(3)28-16)11-14(2)26-17(27)19(6,7)25-10-8-9-20(21,22)23/h11-12,25H,1,8-10H2,2-7H3,(H,26,27)/b14-11+. The predicted octanol–water partition coefficient (Wildman–Crippen LogP) is 4.55. The Kier molecular flexibility index (Phi) is 7.65. The molecule has 0 aromatic carbocycles. The zero-order valence-corrected chi connectivity index (χ0v) is 17.4. The number of hydrogen-bond acceptors (Lipinski definition) is 4. The van der Waals surface area contributed by atoms with Gasteiger partial charge in [-0.25, -0.2) is 4.98 Å². The first kappa shape index (κ1) is 23.9. The van der Waals surface area contributed by atoms with Crippen LogP contribution in [0.15, 0.2) is 34.5 Å². The van der Waals surface area contributed by atoms with Gasteiger partial charge in [-0.15, -0.1) is 0 Å². The van der Waals surface area contributed by atoms with E-state index in [-0.39, 0.29) is 18.9 Å². The quantitative estimate of drug-likeness (QED) is 0.471. The fraction of sp³-hybridized carbons (Fsp3) is 0.600. The van der Waals surface area contributed by atoms with Crippen molar-refractivity contribution in [2.45, 2.75) is 71.5 Å². The molecular weight excluding hydrogens is 371 g/mol. The van der Waals surface area contributed by atoms with Gasteiger partial charge in [-0.2, -0.15) is 13.2 Å². The summed E-state index contributed by atoms with van der Waals surface area (Å²) in [5.41, 5.74) is -0.236. The average Bonchev–Trinajstić information content (AvgIpc) is 2.97. The van der Waals surface area contributed by atoms with Crippen LogP contribution in [0.2, 0.25) is 0 Å². The van der Waals surface area contributed by atoms with Crippen LogP contribution in [-0.4, -0.2) is 29.2 Å². The number of carbonyl (C=O) groups is 1. The van der Waals surface area contributed by atoms with Crippen molar-refractivity contribution in [2.24, 2.45) is 0 Å². The fourth-order valence-electron chi connectivity index (χ4n) is 2.39. The Morgan fingerprint density at radius 3 is 2.39 bits per heavy atom. The summed E-state index contributed by atoms with van der Waals surface area (Å²) < 4.78 is 42.2. The molecule has 28 heavy (non-hydrogen) atoms. The van der Waals surface area contributed by atoms with Crippen molar-refractivity contribution in [3.8, 4) is 0 Å². The predicted molar refractivity (Wildman–Crippen MR) is 103 cm³/mol. The van der Waals surface area contributed by atoms with Gasteiger partial charge in [0.25, 0.3) is 0 Å². The Morgan fingerprint density at radius 2 is 1.89 bits per heavy atom. The minimum Gasteiger partial charge on any atom is -0.445 e. The van der Waals surface area contributed by atoms with E-state index >= 15 is 0 Å². The second kappa shape index (κ2) is 8.94. The van der Waals surface area contributed by atoms with Crippen molar-refractivity contribution in [3.63, 3.8) is 0 Å². The number of halogens is 3. The number of alkyl halides is 3. The summed E-state index contributed by atoms with van der Waals surface area (Å²) in [6, 6.07) is 0. The maximum atomic E-state index is 12.5. The summed E-state index contributed by atoms with van der Waals surface area (Å²) in [5, 5.41) is 5.63. The molecule has 2 N–H and O–H groups in total. The lowest BCUT2D eigenvalue weighted by Crippen LogP contribution is -2.52. The maximum Gasteiger partial charge on any atom is 0.389 e. The molecule has 0 saturated heterocycles. The molecule has 0 aliphatic carbocycles. The van der Waals surface area contributed by atoms with Gasteiger partial charge in [-0.05, 0) is 59.2 Å². The lowest BCUT2D eigenvalue weighted by molar-refractivity contribution is -0.135. The lowest BCUT2D eigenvalue weighted by atomic mass is 9.82. The number of rotatable bonds is 9. The average molecular weight is 401 g/mol. The number of aryl methyl sites for hydroxylation is 1. The van der Waals surface area contributed by atoms with Crippen LogP contribution in [0.3, 0.4) is 0 Å². The van der Waals surface area contributed by atoms with Crippen LogP contribution >= 0.6 is 0 Å². The molecule has 5 nitrogen and oxygen atoms in total. The summed E-state index contributed by atoms with van der Waals surface area (Å²) in [6.07, 6.45) is -1.77. The molecular formula is C20H30F3N3O2. The number of nitrogens with one attached hydrogen (secondary N) is 2. The normalized spacial score (nSPS) is 13.5. The molecule has 0 spiro atoms. The minimum atomic E-state index is -4.19. The first-order valence-corrected chi connectivity index (χ1v) is 9.09. The zero-order chi connectivity index (χ0) is 21.8. The zero-order valence-electron chi connectivity index (χ0n) is 17.4. The number of hydrogen-bond donors (Lipinski definition) is 2. The molecule has 0 aliphatic heterocycles. The molecule has 1 heterocycles. The van der Waals surface area contributed by atoms with E-state index in [1.807, 2.05) is 13.8 Å². The van der Waals surface area contributed by atoms with Crippen LogP contribution in [0.25, 0.3) is 0 Å². The third kappa shape index (κ3) is 7.14. The van der Waals surface area contributed by atoms with Gasteiger partial charge in [-0.3, -0.25) is 4.79 Å². The second-order valence-electron chi connectivity index (χ2n) is 7.95. The molecule has 1 rings (SSSR count). The number of oxazole rings is 1. The number of amides is 1. The van der Waals surface area contributed by atoms with Crippen molar-refractivity contribution in [2.75, 3.05) is 6.54 Å². The summed E-state index contributed by atoms with van der Waals surface area (Å²) in [4.78, 5) is 16.6. The lowest BCUT2D eigenvalue weighted by Gasteiger charge is -2.26. The van der Waals surface area contributed by atoms with Crippen LogP contribution in [0.5, 0.6) is 0 Å². The van der Waals surface area contributed by atoms with Crippen LogP contribution in [-0.2, 0) is 10.2 Å². The van der Waals surface area contributed by atoms with Crippen LogP contribution in [0.1, 0.15) is 59.1 Å². The van der Waals surface area contributed by atoms with Crippen molar-refractivity contribution >= 4 is 5.91 Å². The monoisotopic (exact) mass is 401 g/mol. The highest BCUT2D eigenvalue weighted by atomic mass is 19.4. The van der Waals surface area contributed by atoms with E-state index in [9.17, 15) is 18.0 Å². The molecule has 1 aromatic heterocycles. The van der Waals surface area contributed by atoms with Gasteiger partial charge in [0.1, 0.15) is 5.76 Å². The Balaban J connectivity index is 2.67. The number of allylic oxidation sites excluding steroid dienone is 3. The third-order valence-electron chi connectivity index (χ3n) is 4.51.